The van der Waals surface area contributed by atoms with Gasteiger partial charge in [-0.05, 0) is 19.3 Å². The van der Waals surface area contributed by atoms with Gasteiger partial charge in [-0.3, -0.25) is 9.48 Å². The van der Waals surface area contributed by atoms with Crippen LogP contribution in [0.3, 0.4) is 0 Å². The number of aryl methyl sites for hydroxylation is 2. The number of nitrogens with one attached hydrogen (secondary N) is 1. The fourth-order valence-corrected chi connectivity index (χ4v) is 3.65. The number of nitrogens with zero attached hydrogens (tertiary/aromatic N) is 5. The van der Waals surface area contributed by atoms with Crippen LogP contribution in [-0.4, -0.2) is 36.6 Å². The molecule has 0 aliphatic rings. The molecule has 2 aromatic rings. The summed E-state index contributed by atoms with van der Waals surface area (Å²) in [6.07, 6.45) is 2.33. The Kier molecular flexibility index (Phi) is 5.90. The van der Waals surface area contributed by atoms with Crippen LogP contribution in [0.2, 0.25) is 0 Å². The molecule has 9 heteroatoms. The minimum atomic E-state index is -0.128. The zero-order valence-corrected chi connectivity index (χ0v) is 14.7. The molecule has 0 saturated carbocycles. The van der Waals surface area contributed by atoms with Crippen molar-refractivity contribution in [2.45, 2.75) is 37.6 Å². The Labute approximate surface area is 137 Å². The smallest absolute Gasteiger partial charge is 0.231 e. The van der Waals surface area contributed by atoms with Gasteiger partial charge in [0.25, 0.3) is 0 Å². The number of carbonyl (C=O) groups is 1. The Morgan fingerprint density at radius 1 is 1.45 bits per heavy atom. The third-order valence-electron chi connectivity index (χ3n) is 2.93. The minimum Gasteiger partial charge on any atom is -0.345 e. The van der Waals surface area contributed by atoms with Crippen molar-refractivity contribution in [3.05, 3.63) is 17.2 Å². The first-order chi connectivity index (χ1) is 10.5. The van der Waals surface area contributed by atoms with E-state index in [1.807, 2.05) is 14.0 Å². The largest absolute Gasteiger partial charge is 0.345 e. The Morgan fingerprint density at radius 2 is 2.23 bits per heavy atom. The van der Waals surface area contributed by atoms with E-state index in [0.717, 1.165) is 21.6 Å². The Morgan fingerprint density at radius 3 is 2.77 bits per heavy atom. The van der Waals surface area contributed by atoms with Gasteiger partial charge in [-0.2, -0.15) is 5.10 Å². The van der Waals surface area contributed by atoms with Crippen LogP contribution in [0.25, 0.3) is 0 Å². The molecule has 0 aliphatic carbocycles. The second-order valence-electron chi connectivity index (χ2n) is 5.37. The van der Waals surface area contributed by atoms with E-state index in [9.17, 15) is 4.79 Å². The molecular formula is C13H20N6OS2. The zero-order chi connectivity index (χ0) is 16.1. The summed E-state index contributed by atoms with van der Waals surface area (Å²) >= 11 is 2.90. The maximum absolute atomic E-state index is 12.2. The van der Waals surface area contributed by atoms with Gasteiger partial charge in [0, 0.05) is 7.05 Å². The van der Waals surface area contributed by atoms with Crippen molar-refractivity contribution in [1.82, 2.24) is 30.3 Å². The number of hydrogen-bond acceptors (Lipinski definition) is 7. The lowest BCUT2D eigenvalue weighted by Gasteiger charge is -2.19. The topological polar surface area (TPSA) is 85.6 Å². The molecule has 2 heterocycles. The number of hydrogen-bond donors (Lipinski definition) is 1. The average Bonchev–Trinajstić information content (AvgIpc) is 3.04. The van der Waals surface area contributed by atoms with E-state index in [2.05, 4.69) is 39.4 Å². The Balaban J connectivity index is 1.94. The molecule has 1 atom stereocenters. The normalized spacial score (nSPS) is 12.6. The molecule has 0 spiro atoms. The Bertz CT molecular complexity index is 624. The van der Waals surface area contributed by atoms with Gasteiger partial charge >= 0.3 is 0 Å². The minimum absolute atomic E-state index is 0.0356. The van der Waals surface area contributed by atoms with Crippen LogP contribution >= 0.6 is 23.1 Å². The van der Waals surface area contributed by atoms with Crippen LogP contribution in [0.4, 0.5) is 0 Å². The first kappa shape index (κ1) is 16.9. The van der Waals surface area contributed by atoms with E-state index < -0.39 is 0 Å². The van der Waals surface area contributed by atoms with Crippen molar-refractivity contribution in [3.63, 3.8) is 0 Å². The van der Waals surface area contributed by atoms with Crippen molar-refractivity contribution in [3.8, 4) is 0 Å². The monoisotopic (exact) mass is 340 g/mol. The maximum Gasteiger partial charge on any atom is 0.231 e. The highest BCUT2D eigenvalue weighted by Gasteiger charge is 2.20. The summed E-state index contributed by atoms with van der Waals surface area (Å²) in [5.74, 6) is 1.51. The van der Waals surface area contributed by atoms with Crippen molar-refractivity contribution in [2.24, 2.45) is 13.0 Å². The molecule has 1 amide bonds. The molecule has 120 valence electrons. The van der Waals surface area contributed by atoms with E-state index in [1.165, 1.54) is 29.4 Å². The molecule has 1 unspecified atom stereocenters. The average molecular weight is 340 g/mol. The number of carbonyl (C=O) groups excluding carboxylic acids is 1. The van der Waals surface area contributed by atoms with Crippen LogP contribution in [0.5, 0.6) is 0 Å². The predicted octanol–water partition coefficient (Wildman–Crippen LogP) is 1.97. The molecule has 2 aromatic heterocycles. The van der Waals surface area contributed by atoms with Gasteiger partial charge in [0.05, 0.1) is 11.8 Å². The zero-order valence-electron chi connectivity index (χ0n) is 13.1. The van der Waals surface area contributed by atoms with E-state index in [1.54, 1.807) is 4.68 Å². The van der Waals surface area contributed by atoms with Gasteiger partial charge in [0.2, 0.25) is 5.91 Å². The highest BCUT2D eigenvalue weighted by atomic mass is 32.2. The number of amides is 1. The van der Waals surface area contributed by atoms with Crippen LogP contribution < -0.4 is 5.32 Å². The van der Waals surface area contributed by atoms with E-state index in [-0.39, 0.29) is 11.9 Å². The predicted molar refractivity (Wildman–Crippen MR) is 86.7 cm³/mol. The third-order valence-corrected chi connectivity index (χ3v) is 4.91. The third kappa shape index (κ3) is 4.77. The van der Waals surface area contributed by atoms with E-state index in [0.29, 0.717) is 11.7 Å². The molecule has 0 saturated heterocycles. The summed E-state index contributed by atoms with van der Waals surface area (Å²) in [4.78, 5) is 16.4. The number of thioether (sulfide) groups is 1. The quantitative estimate of drug-likeness (QED) is 0.776. The van der Waals surface area contributed by atoms with Gasteiger partial charge in [0.15, 0.2) is 4.34 Å². The molecule has 0 fully saturated rings. The van der Waals surface area contributed by atoms with Crippen LogP contribution in [0.15, 0.2) is 10.7 Å². The summed E-state index contributed by atoms with van der Waals surface area (Å²) in [7, 11) is 1.83. The lowest BCUT2D eigenvalue weighted by atomic mass is 10.0. The van der Waals surface area contributed by atoms with E-state index >= 15 is 0 Å². The lowest BCUT2D eigenvalue weighted by molar-refractivity contribution is -0.119. The second kappa shape index (κ2) is 7.68. The molecular weight excluding hydrogens is 320 g/mol. The van der Waals surface area contributed by atoms with Crippen molar-refractivity contribution >= 4 is 29.0 Å². The molecule has 0 aromatic carbocycles. The standard InChI is InChI=1S/C13H20N6OS2/c1-8(2)5-10(12-14-7-15-19(12)4)16-11(20)6-21-13-18-17-9(3)22-13/h7-8,10H,5-6H2,1-4H3,(H,16,20). The molecule has 0 radical (unpaired) electrons. The van der Waals surface area contributed by atoms with Crippen LogP contribution in [-0.2, 0) is 11.8 Å². The highest BCUT2D eigenvalue weighted by Crippen LogP contribution is 2.23. The molecule has 22 heavy (non-hydrogen) atoms. The van der Waals surface area contributed by atoms with Gasteiger partial charge in [0.1, 0.15) is 17.2 Å². The fraction of sp³-hybridized carbons (Fsp3) is 0.615. The van der Waals surface area contributed by atoms with Crippen molar-refractivity contribution in [1.29, 1.82) is 0 Å². The van der Waals surface area contributed by atoms with Crippen molar-refractivity contribution in [2.75, 3.05) is 5.75 Å². The first-order valence-corrected chi connectivity index (χ1v) is 8.82. The SMILES string of the molecule is Cc1nnc(SCC(=O)NC(CC(C)C)c2ncnn2C)s1. The summed E-state index contributed by atoms with van der Waals surface area (Å²) in [5.41, 5.74) is 0. The molecule has 0 aliphatic heterocycles. The second-order valence-corrected chi connectivity index (χ2v) is 7.77. The highest BCUT2D eigenvalue weighted by molar-refractivity contribution is 8.01. The van der Waals surface area contributed by atoms with Crippen molar-refractivity contribution < 1.29 is 4.79 Å². The van der Waals surface area contributed by atoms with Crippen LogP contribution in [0.1, 0.15) is 37.1 Å². The molecule has 7 nitrogen and oxygen atoms in total. The summed E-state index contributed by atoms with van der Waals surface area (Å²) < 4.78 is 2.51. The number of aromatic nitrogens is 5. The first-order valence-electron chi connectivity index (χ1n) is 7.02. The molecule has 1 N–H and O–H groups in total. The summed E-state index contributed by atoms with van der Waals surface area (Å²) in [6, 6.07) is -0.128. The summed E-state index contributed by atoms with van der Waals surface area (Å²) in [5, 5.41) is 16.0. The van der Waals surface area contributed by atoms with Gasteiger partial charge in [-0.1, -0.05) is 36.9 Å². The Hall–Kier alpha value is -1.48. The fourth-order valence-electron chi connectivity index (χ4n) is 2.02. The number of rotatable bonds is 7. The summed E-state index contributed by atoms with van der Waals surface area (Å²) in [6.45, 7) is 6.14. The van der Waals surface area contributed by atoms with Crippen LogP contribution in [0, 0.1) is 12.8 Å². The molecule has 0 bridgehead atoms. The molecule has 2 rings (SSSR count). The van der Waals surface area contributed by atoms with Gasteiger partial charge in [-0.15, -0.1) is 10.2 Å². The van der Waals surface area contributed by atoms with Gasteiger partial charge < -0.3 is 5.32 Å². The van der Waals surface area contributed by atoms with Gasteiger partial charge in [-0.25, -0.2) is 4.98 Å². The lowest BCUT2D eigenvalue weighted by Crippen LogP contribution is -2.32. The maximum atomic E-state index is 12.2. The van der Waals surface area contributed by atoms with E-state index in [4.69, 9.17) is 0 Å².